The SMILES string of the molecule is C=C1C(=S)C(N(C)CCCN)=C1C(C)(C)C. The first-order valence-corrected chi connectivity index (χ1v) is 6.11. The van der Waals surface area contributed by atoms with Gasteiger partial charge < -0.3 is 10.6 Å². The minimum absolute atomic E-state index is 0.117. The van der Waals surface area contributed by atoms with Crippen LogP contribution < -0.4 is 5.73 Å². The minimum atomic E-state index is 0.117. The summed E-state index contributed by atoms with van der Waals surface area (Å²) in [5.41, 5.74) is 9.18. The Hall–Kier alpha value is -0.670. The Labute approximate surface area is 104 Å². The Kier molecular flexibility index (Phi) is 3.92. The second-order valence-corrected chi connectivity index (χ2v) is 5.75. The van der Waals surface area contributed by atoms with Crippen molar-refractivity contribution < 1.29 is 0 Å². The molecule has 1 aliphatic carbocycles. The summed E-state index contributed by atoms with van der Waals surface area (Å²) in [7, 11) is 2.08. The van der Waals surface area contributed by atoms with E-state index in [1.54, 1.807) is 0 Å². The van der Waals surface area contributed by atoms with Crippen LogP contribution in [-0.2, 0) is 0 Å². The summed E-state index contributed by atoms with van der Waals surface area (Å²) >= 11 is 5.37. The Bertz CT molecular complexity index is 347. The van der Waals surface area contributed by atoms with Gasteiger partial charge in [-0.25, -0.2) is 0 Å². The molecule has 0 saturated carbocycles. The number of allylic oxidation sites excluding steroid dienone is 2. The van der Waals surface area contributed by atoms with E-state index in [4.69, 9.17) is 18.0 Å². The van der Waals surface area contributed by atoms with Crippen LogP contribution in [0.25, 0.3) is 0 Å². The maximum atomic E-state index is 5.53. The Morgan fingerprint density at radius 3 is 2.38 bits per heavy atom. The Morgan fingerprint density at radius 2 is 1.94 bits per heavy atom. The molecule has 0 saturated heterocycles. The predicted molar refractivity (Wildman–Crippen MR) is 74.5 cm³/mol. The molecule has 0 amide bonds. The van der Waals surface area contributed by atoms with Crippen LogP contribution in [-0.4, -0.2) is 29.9 Å². The normalized spacial score (nSPS) is 16.6. The zero-order valence-electron chi connectivity index (χ0n) is 10.8. The quantitative estimate of drug-likeness (QED) is 0.603. The fraction of sp³-hybridized carbons (Fsp3) is 0.615. The van der Waals surface area contributed by atoms with Crippen LogP contribution in [0.5, 0.6) is 0 Å². The molecule has 0 bridgehead atoms. The number of thiocarbonyl (C=S) groups is 1. The molecule has 3 heteroatoms. The third-order valence-electron chi connectivity index (χ3n) is 2.86. The van der Waals surface area contributed by atoms with Gasteiger partial charge in [-0.15, -0.1) is 0 Å². The second kappa shape index (κ2) is 4.68. The van der Waals surface area contributed by atoms with Crippen LogP contribution in [0.4, 0.5) is 0 Å². The molecule has 0 heterocycles. The zero-order valence-corrected chi connectivity index (χ0v) is 11.6. The number of hydrogen-bond donors (Lipinski definition) is 1. The second-order valence-electron chi connectivity index (χ2n) is 5.35. The highest BCUT2D eigenvalue weighted by molar-refractivity contribution is 7.81. The Morgan fingerprint density at radius 1 is 1.38 bits per heavy atom. The Balaban J connectivity index is 2.95. The molecule has 2 N–H and O–H groups in total. The van der Waals surface area contributed by atoms with Crippen LogP contribution in [0, 0.1) is 5.41 Å². The molecular weight excluding hydrogens is 216 g/mol. The minimum Gasteiger partial charge on any atom is -0.373 e. The molecule has 0 aromatic rings. The molecule has 0 radical (unpaired) electrons. The number of rotatable bonds is 4. The smallest absolute Gasteiger partial charge is 0.0683 e. The van der Waals surface area contributed by atoms with E-state index in [0.717, 1.165) is 29.9 Å². The van der Waals surface area contributed by atoms with Gasteiger partial charge in [0.25, 0.3) is 0 Å². The van der Waals surface area contributed by atoms with E-state index < -0.39 is 0 Å². The molecule has 90 valence electrons. The van der Waals surface area contributed by atoms with Gasteiger partial charge in [0, 0.05) is 13.6 Å². The number of nitrogens with zero attached hydrogens (tertiary/aromatic N) is 1. The summed E-state index contributed by atoms with van der Waals surface area (Å²) in [4.78, 5) is 3.13. The van der Waals surface area contributed by atoms with Crippen LogP contribution in [0.1, 0.15) is 27.2 Å². The lowest BCUT2D eigenvalue weighted by molar-refractivity contribution is 0.399. The topological polar surface area (TPSA) is 29.3 Å². The van der Waals surface area contributed by atoms with Crippen molar-refractivity contribution in [1.82, 2.24) is 4.90 Å². The van der Waals surface area contributed by atoms with Crippen LogP contribution >= 0.6 is 12.2 Å². The molecule has 0 atom stereocenters. The van der Waals surface area contributed by atoms with E-state index in [9.17, 15) is 0 Å². The summed E-state index contributed by atoms with van der Waals surface area (Å²) in [6.07, 6.45) is 0.993. The lowest BCUT2D eigenvalue weighted by Gasteiger charge is -2.41. The lowest BCUT2D eigenvalue weighted by atomic mass is 9.72. The predicted octanol–water partition coefficient (Wildman–Crippen LogP) is 2.51. The molecule has 0 unspecified atom stereocenters. The highest BCUT2D eigenvalue weighted by Crippen LogP contribution is 2.43. The fourth-order valence-electron chi connectivity index (χ4n) is 2.06. The van der Waals surface area contributed by atoms with Gasteiger partial charge in [0.15, 0.2) is 0 Å². The van der Waals surface area contributed by atoms with Gasteiger partial charge in [-0.1, -0.05) is 39.6 Å². The molecule has 16 heavy (non-hydrogen) atoms. The maximum absolute atomic E-state index is 5.53. The summed E-state index contributed by atoms with van der Waals surface area (Å²) < 4.78 is 0. The average Bonchev–Trinajstić information content (AvgIpc) is 2.18. The highest BCUT2D eigenvalue weighted by atomic mass is 32.1. The largest absolute Gasteiger partial charge is 0.373 e. The van der Waals surface area contributed by atoms with Crippen LogP contribution in [0.3, 0.4) is 0 Å². The van der Waals surface area contributed by atoms with Crippen molar-refractivity contribution in [3.8, 4) is 0 Å². The van der Waals surface area contributed by atoms with Gasteiger partial charge in [-0.3, -0.25) is 0 Å². The summed E-state index contributed by atoms with van der Waals surface area (Å²) in [6, 6.07) is 0. The van der Waals surface area contributed by atoms with E-state index in [1.807, 2.05) is 0 Å². The van der Waals surface area contributed by atoms with E-state index >= 15 is 0 Å². The first-order chi connectivity index (χ1) is 7.30. The maximum Gasteiger partial charge on any atom is 0.0683 e. The van der Waals surface area contributed by atoms with E-state index in [0.29, 0.717) is 0 Å². The molecule has 0 aromatic heterocycles. The van der Waals surface area contributed by atoms with Crippen molar-refractivity contribution in [3.63, 3.8) is 0 Å². The van der Waals surface area contributed by atoms with Gasteiger partial charge >= 0.3 is 0 Å². The number of hydrogen-bond acceptors (Lipinski definition) is 3. The van der Waals surface area contributed by atoms with Crippen molar-refractivity contribution in [1.29, 1.82) is 0 Å². The molecule has 1 aliphatic rings. The average molecular weight is 238 g/mol. The van der Waals surface area contributed by atoms with Crippen LogP contribution in [0.15, 0.2) is 23.4 Å². The van der Waals surface area contributed by atoms with E-state index in [-0.39, 0.29) is 5.41 Å². The van der Waals surface area contributed by atoms with E-state index in [1.165, 1.54) is 11.3 Å². The molecule has 2 nitrogen and oxygen atoms in total. The number of nitrogens with two attached hydrogens (primary N) is 1. The summed E-state index contributed by atoms with van der Waals surface area (Å²) in [6.45, 7) is 12.3. The molecule has 1 rings (SSSR count). The molecule has 0 aliphatic heterocycles. The van der Waals surface area contributed by atoms with E-state index in [2.05, 4.69) is 39.3 Å². The first kappa shape index (κ1) is 13.4. The lowest BCUT2D eigenvalue weighted by Crippen LogP contribution is -2.38. The fourth-order valence-corrected chi connectivity index (χ4v) is 2.42. The van der Waals surface area contributed by atoms with Crippen molar-refractivity contribution in [2.45, 2.75) is 27.2 Å². The first-order valence-electron chi connectivity index (χ1n) is 5.70. The van der Waals surface area contributed by atoms with Crippen molar-refractivity contribution in [3.05, 3.63) is 23.4 Å². The van der Waals surface area contributed by atoms with Gasteiger partial charge in [0.2, 0.25) is 0 Å². The molecular formula is C13H22N2S. The molecule has 0 aromatic carbocycles. The standard InChI is InChI=1S/C13H22N2S/c1-9-10(13(2,3)4)11(12(9)16)15(5)8-6-7-14/h1,6-8,14H2,2-5H3. The third kappa shape index (κ3) is 2.36. The van der Waals surface area contributed by atoms with Crippen LogP contribution in [0.2, 0.25) is 0 Å². The third-order valence-corrected chi connectivity index (χ3v) is 3.30. The van der Waals surface area contributed by atoms with Gasteiger partial charge in [-0.05, 0) is 29.5 Å². The van der Waals surface area contributed by atoms with Crippen molar-refractivity contribution >= 4 is 17.1 Å². The van der Waals surface area contributed by atoms with Crippen molar-refractivity contribution in [2.75, 3.05) is 20.1 Å². The van der Waals surface area contributed by atoms with Gasteiger partial charge in [0.05, 0.1) is 10.6 Å². The van der Waals surface area contributed by atoms with Gasteiger partial charge in [0.1, 0.15) is 0 Å². The highest BCUT2D eigenvalue weighted by Gasteiger charge is 2.37. The summed E-state index contributed by atoms with van der Waals surface area (Å²) in [5, 5.41) is 0. The summed E-state index contributed by atoms with van der Waals surface area (Å²) in [5.74, 6) is 0. The monoisotopic (exact) mass is 238 g/mol. The molecule has 0 spiro atoms. The zero-order chi connectivity index (χ0) is 12.5. The van der Waals surface area contributed by atoms with Gasteiger partial charge in [-0.2, -0.15) is 0 Å². The van der Waals surface area contributed by atoms with Crippen molar-refractivity contribution in [2.24, 2.45) is 11.1 Å². The molecule has 0 fully saturated rings.